The van der Waals surface area contributed by atoms with Crippen molar-refractivity contribution < 1.29 is 9.59 Å². The number of piperidine rings is 1. The molecule has 0 radical (unpaired) electrons. The number of rotatable bonds is 4. The number of aromatic amines is 1. The van der Waals surface area contributed by atoms with Crippen LogP contribution in [-0.4, -0.2) is 46.4 Å². The fourth-order valence-corrected chi connectivity index (χ4v) is 2.28. The molecule has 104 valence electrons. The van der Waals surface area contributed by atoms with Gasteiger partial charge in [-0.25, -0.2) is 9.78 Å². The SMILES string of the molecule is NC(=O)N1CCCC(C(=O)NCCc2cnc[nH]2)C1. The summed E-state index contributed by atoms with van der Waals surface area (Å²) < 4.78 is 0. The van der Waals surface area contributed by atoms with E-state index in [0.717, 1.165) is 25.0 Å². The smallest absolute Gasteiger partial charge is 0.314 e. The minimum Gasteiger partial charge on any atom is -0.355 e. The van der Waals surface area contributed by atoms with Gasteiger partial charge >= 0.3 is 6.03 Å². The predicted molar refractivity (Wildman–Crippen MR) is 69.2 cm³/mol. The van der Waals surface area contributed by atoms with Gasteiger partial charge in [0, 0.05) is 37.9 Å². The van der Waals surface area contributed by atoms with Crippen molar-refractivity contribution in [1.29, 1.82) is 0 Å². The molecule has 1 fully saturated rings. The van der Waals surface area contributed by atoms with Crippen molar-refractivity contribution in [1.82, 2.24) is 20.2 Å². The average molecular weight is 265 g/mol. The minimum absolute atomic E-state index is 0.00883. The van der Waals surface area contributed by atoms with Gasteiger partial charge in [0.05, 0.1) is 12.2 Å². The van der Waals surface area contributed by atoms with E-state index in [1.54, 1.807) is 12.5 Å². The van der Waals surface area contributed by atoms with Crippen molar-refractivity contribution in [3.63, 3.8) is 0 Å². The van der Waals surface area contributed by atoms with Crippen LogP contribution in [0.1, 0.15) is 18.5 Å². The second-order valence-electron chi connectivity index (χ2n) is 4.74. The van der Waals surface area contributed by atoms with Gasteiger partial charge in [0.2, 0.25) is 5.91 Å². The molecular weight excluding hydrogens is 246 g/mol. The summed E-state index contributed by atoms with van der Waals surface area (Å²) in [4.78, 5) is 31.5. The number of urea groups is 1. The first-order valence-corrected chi connectivity index (χ1v) is 6.46. The Morgan fingerprint density at radius 2 is 2.42 bits per heavy atom. The van der Waals surface area contributed by atoms with Gasteiger partial charge < -0.3 is 20.9 Å². The number of hydrogen-bond acceptors (Lipinski definition) is 3. The van der Waals surface area contributed by atoms with E-state index in [1.165, 1.54) is 4.90 Å². The Morgan fingerprint density at radius 1 is 1.58 bits per heavy atom. The fourth-order valence-electron chi connectivity index (χ4n) is 2.28. The summed E-state index contributed by atoms with van der Waals surface area (Å²) >= 11 is 0. The molecule has 3 amide bonds. The highest BCUT2D eigenvalue weighted by Gasteiger charge is 2.27. The molecule has 0 aromatic carbocycles. The highest BCUT2D eigenvalue weighted by atomic mass is 16.2. The number of H-pyrrole nitrogens is 1. The van der Waals surface area contributed by atoms with Crippen LogP contribution in [0.2, 0.25) is 0 Å². The summed E-state index contributed by atoms with van der Waals surface area (Å²) in [6.45, 7) is 1.63. The Hall–Kier alpha value is -2.05. The largest absolute Gasteiger partial charge is 0.355 e. The Balaban J connectivity index is 1.74. The fraction of sp³-hybridized carbons (Fsp3) is 0.583. The molecule has 0 bridgehead atoms. The number of aromatic nitrogens is 2. The van der Waals surface area contributed by atoms with E-state index in [2.05, 4.69) is 15.3 Å². The number of hydrogen-bond donors (Lipinski definition) is 3. The van der Waals surface area contributed by atoms with Gasteiger partial charge in [0.25, 0.3) is 0 Å². The number of carbonyl (C=O) groups excluding carboxylic acids is 2. The molecule has 0 aliphatic carbocycles. The number of amides is 3. The van der Waals surface area contributed by atoms with Crippen molar-refractivity contribution in [3.8, 4) is 0 Å². The molecule has 0 spiro atoms. The molecule has 7 nitrogen and oxygen atoms in total. The van der Waals surface area contributed by atoms with Crippen LogP contribution >= 0.6 is 0 Å². The summed E-state index contributed by atoms with van der Waals surface area (Å²) in [6, 6.07) is -0.449. The number of nitrogens with one attached hydrogen (secondary N) is 2. The standard InChI is InChI=1S/C12H19N5O2/c13-12(19)17-5-1-2-9(7-17)11(18)15-4-3-10-6-14-8-16-10/h6,8-9H,1-5,7H2,(H2,13,19)(H,14,16)(H,15,18). The van der Waals surface area contributed by atoms with E-state index >= 15 is 0 Å². The first kappa shape index (κ1) is 13.4. The normalized spacial score (nSPS) is 19.2. The maximum atomic E-state index is 12.0. The summed E-state index contributed by atoms with van der Waals surface area (Å²) in [5.74, 6) is -0.159. The van der Waals surface area contributed by atoms with E-state index in [1.807, 2.05) is 0 Å². The molecule has 19 heavy (non-hydrogen) atoms. The van der Waals surface area contributed by atoms with E-state index in [0.29, 0.717) is 19.6 Å². The van der Waals surface area contributed by atoms with Crippen LogP contribution in [0.15, 0.2) is 12.5 Å². The lowest BCUT2D eigenvalue weighted by atomic mass is 9.97. The first-order chi connectivity index (χ1) is 9.16. The number of imidazole rings is 1. The van der Waals surface area contributed by atoms with Crippen LogP contribution in [0, 0.1) is 5.92 Å². The number of nitrogens with zero attached hydrogens (tertiary/aromatic N) is 2. The summed E-state index contributed by atoms with van der Waals surface area (Å²) in [5.41, 5.74) is 6.23. The Morgan fingerprint density at radius 3 is 3.11 bits per heavy atom. The van der Waals surface area contributed by atoms with Gasteiger partial charge in [-0.05, 0) is 12.8 Å². The lowest BCUT2D eigenvalue weighted by Crippen LogP contribution is -2.47. The second kappa shape index (κ2) is 6.21. The molecule has 0 saturated carbocycles. The lowest BCUT2D eigenvalue weighted by Gasteiger charge is -2.30. The van der Waals surface area contributed by atoms with Gasteiger partial charge in [-0.15, -0.1) is 0 Å². The third-order valence-electron chi connectivity index (χ3n) is 3.35. The van der Waals surface area contributed by atoms with Crippen molar-refractivity contribution in [2.24, 2.45) is 11.7 Å². The van der Waals surface area contributed by atoms with Crippen LogP contribution in [0.5, 0.6) is 0 Å². The molecule has 1 aromatic heterocycles. The van der Waals surface area contributed by atoms with Gasteiger partial charge in [-0.3, -0.25) is 4.79 Å². The number of likely N-dealkylation sites (tertiary alicyclic amines) is 1. The molecule has 1 aliphatic rings. The van der Waals surface area contributed by atoms with Gasteiger partial charge in [0.1, 0.15) is 0 Å². The molecule has 1 unspecified atom stereocenters. The Kier molecular flexibility index (Phi) is 4.38. The van der Waals surface area contributed by atoms with Crippen LogP contribution in [-0.2, 0) is 11.2 Å². The molecule has 2 rings (SSSR count). The number of carbonyl (C=O) groups is 2. The second-order valence-corrected chi connectivity index (χ2v) is 4.74. The Bertz CT molecular complexity index is 431. The topological polar surface area (TPSA) is 104 Å². The molecule has 4 N–H and O–H groups in total. The summed E-state index contributed by atoms with van der Waals surface area (Å²) in [6.07, 6.45) is 5.70. The molecular formula is C12H19N5O2. The van der Waals surface area contributed by atoms with Gasteiger partial charge in [-0.2, -0.15) is 0 Å². The molecule has 1 aliphatic heterocycles. The third-order valence-corrected chi connectivity index (χ3v) is 3.35. The Labute approximate surface area is 111 Å². The quantitative estimate of drug-likeness (QED) is 0.705. The van der Waals surface area contributed by atoms with E-state index in [9.17, 15) is 9.59 Å². The highest BCUT2D eigenvalue weighted by Crippen LogP contribution is 2.16. The molecule has 2 heterocycles. The van der Waals surface area contributed by atoms with Crippen molar-refractivity contribution in [3.05, 3.63) is 18.2 Å². The maximum absolute atomic E-state index is 12.0. The summed E-state index contributed by atoms with van der Waals surface area (Å²) in [7, 11) is 0. The van der Waals surface area contributed by atoms with Crippen molar-refractivity contribution in [2.45, 2.75) is 19.3 Å². The summed E-state index contributed by atoms with van der Waals surface area (Å²) in [5, 5.41) is 2.88. The molecule has 1 aromatic rings. The van der Waals surface area contributed by atoms with E-state index < -0.39 is 6.03 Å². The van der Waals surface area contributed by atoms with Crippen molar-refractivity contribution >= 4 is 11.9 Å². The molecule has 7 heteroatoms. The number of nitrogens with two attached hydrogens (primary N) is 1. The lowest BCUT2D eigenvalue weighted by molar-refractivity contribution is -0.126. The monoisotopic (exact) mass is 265 g/mol. The van der Waals surface area contributed by atoms with Crippen LogP contribution in [0.25, 0.3) is 0 Å². The molecule has 1 saturated heterocycles. The van der Waals surface area contributed by atoms with Crippen LogP contribution in [0.4, 0.5) is 4.79 Å². The third kappa shape index (κ3) is 3.70. The zero-order chi connectivity index (χ0) is 13.7. The average Bonchev–Trinajstić information content (AvgIpc) is 2.92. The van der Waals surface area contributed by atoms with Crippen molar-refractivity contribution in [2.75, 3.05) is 19.6 Å². The van der Waals surface area contributed by atoms with Crippen LogP contribution < -0.4 is 11.1 Å². The van der Waals surface area contributed by atoms with E-state index in [-0.39, 0.29) is 11.8 Å². The van der Waals surface area contributed by atoms with E-state index in [4.69, 9.17) is 5.73 Å². The zero-order valence-corrected chi connectivity index (χ0v) is 10.8. The van der Waals surface area contributed by atoms with Gasteiger partial charge in [-0.1, -0.05) is 0 Å². The van der Waals surface area contributed by atoms with Gasteiger partial charge in [0.15, 0.2) is 0 Å². The zero-order valence-electron chi connectivity index (χ0n) is 10.8. The number of primary amides is 1. The maximum Gasteiger partial charge on any atom is 0.314 e. The van der Waals surface area contributed by atoms with Crippen LogP contribution in [0.3, 0.4) is 0 Å². The highest BCUT2D eigenvalue weighted by molar-refractivity contribution is 5.80. The predicted octanol–water partition coefficient (Wildman–Crippen LogP) is -0.141. The molecule has 1 atom stereocenters. The minimum atomic E-state index is -0.449. The first-order valence-electron chi connectivity index (χ1n) is 6.46.